The van der Waals surface area contributed by atoms with Gasteiger partial charge in [-0.2, -0.15) is 0 Å². The first-order chi connectivity index (χ1) is 6.76. The first-order valence-electron chi connectivity index (χ1n) is 4.16. The first kappa shape index (κ1) is 10.2. The minimum Gasteiger partial charge on any atom is -0.497 e. The quantitative estimate of drug-likeness (QED) is 0.730. The van der Waals surface area contributed by atoms with Crippen LogP contribution in [0.15, 0.2) is 29.3 Å². The van der Waals surface area contributed by atoms with Gasteiger partial charge in [0.15, 0.2) is 0 Å². The molecule has 0 atom stereocenters. The van der Waals surface area contributed by atoms with Crippen molar-refractivity contribution in [3.05, 3.63) is 24.3 Å². The first-order valence-corrected chi connectivity index (χ1v) is 4.16. The van der Waals surface area contributed by atoms with Crippen molar-refractivity contribution in [2.45, 2.75) is 0 Å². The van der Waals surface area contributed by atoms with Crippen LogP contribution in [0.4, 0.5) is 5.69 Å². The zero-order valence-corrected chi connectivity index (χ0v) is 8.15. The van der Waals surface area contributed by atoms with Crippen molar-refractivity contribution >= 4 is 17.8 Å². The van der Waals surface area contributed by atoms with E-state index in [1.807, 2.05) is 0 Å². The number of aliphatic imine (C=N–C) groups is 1. The average Bonchev–Trinajstić information content (AvgIpc) is 2.26. The highest BCUT2D eigenvalue weighted by Gasteiger charge is 1.92. The summed E-state index contributed by atoms with van der Waals surface area (Å²) in [6.07, 6.45) is 1.24. The molecule has 0 aliphatic rings. The summed E-state index contributed by atoms with van der Waals surface area (Å²) in [5, 5.41) is 2.44. The van der Waals surface area contributed by atoms with E-state index in [2.05, 4.69) is 10.3 Å². The fraction of sp³-hybridized carbons (Fsp3) is 0.200. The molecule has 1 aromatic rings. The number of rotatable bonds is 3. The van der Waals surface area contributed by atoms with Crippen LogP contribution in [0, 0.1) is 0 Å². The lowest BCUT2D eigenvalue weighted by Gasteiger charge is -1.98. The molecule has 1 aromatic carbocycles. The minimum absolute atomic E-state index is 0.221. The van der Waals surface area contributed by atoms with Gasteiger partial charge in [0.2, 0.25) is 0 Å². The summed E-state index contributed by atoms with van der Waals surface area (Å²) < 4.78 is 4.98. The van der Waals surface area contributed by atoms with Crippen LogP contribution in [-0.2, 0) is 4.79 Å². The highest BCUT2D eigenvalue weighted by molar-refractivity contribution is 6.26. The SMILES string of the molecule is CNC(=O)C=Nc1ccc(OC)cc1. The van der Waals surface area contributed by atoms with E-state index in [1.54, 1.807) is 38.4 Å². The molecule has 0 saturated heterocycles. The summed E-state index contributed by atoms with van der Waals surface area (Å²) in [5.74, 6) is 0.546. The predicted molar refractivity (Wildman–Crippen MR) is 55.2 cm³/mol. The Morgan fingerprint density at radius 3 is 2.57 bits per heavy atom. The second-order valence-corrected chi connectivity index (χ2v) is 2.57. The molecule has 0 saturated carbocycles. The van der Waals surface area contributed by atoms with Gasteiger partial charge in [0, 0.05) is 7.05 Å². The molecule has 0 aromatic heterocycles. The van der Waals surface area contributed by atoms with E-state index >= 15 is 0 Å². The van der Waals surface area contributed by atoms with Gasteiger partial charge >= 0.3 is 0 Å². The Bertz CT molecular complexity index is 330. The number of amides is 1. The Hall–Kier alpha value is -1.84. The maximum Gasteiger partial charge on any atom is 0.262 e. The molecule has 1 N–H and O–H groups in total. The van der Waals surface area contributed by atoms with Crippen molar-refractivity contribution in [2.75, 3.05) is 14.2 Å². The van der Waals surface area contributed by atoms with Gasteiger partial charge < -0.3 is 10.1 Å². The van der Waals surface area contributed by atoms with Gasteiger partial charge in [-0.05, 0) is 24.3 Å². The summed E-state index contributed by atoms with van der Waals surface area (Å²) in [5.41, 5.74) is 0.717. The van der Waals surface area contributed by atoms with Crippen molar-refractivity contribution in [2.24, 2.45) is 4.99 Å². The van der Waals surface area contributed by atoms with Crippen LogP contribution >= 0.6 is 0 Å². The van der Waals surface area contributed by atoms with Gasteiger partial charge in [-0.15, -0.1) is 0 Å². The summed E-state index contributed by atoms with van der Waals surface area (Å²) in [6.45, 7) is 0. The number of carbonyl (C=O) groups excluding carboxylic acids is 1. The molecule has 0 radical (unpaired) electrons. The molecule has 0 heterocycles. The summed E-state index contributed by atoms with van der Waals surface area (Å²) in [6, 6.07) is 7.13. The average molecular weight is 192 g/mol. The molecular formula is C10H12N2O2. The summed E-state index contributed by atoms with van der Waals surface area (Å²) in [7, 11) is 3.16. The second-order valence-electron chi connectivity index (χ2n) is 2.57. The van der Waals surface area contributed by atoms with Crippen LogP contribution in [0.1, 0.15) is 0 Å². The second kappa shape index (κ2) is 5.01. The molecule has 0 aliphatic heterocycles. The number of carbonyl (C=O) groups is 1. The Labute approximate surface area is 82.6 Å². The highest BCUT2D eigenvalue weighted by Crippen LogP contribution is 2.16. The van der Waals surface area contributed by atoms with E-state index in [9.17, 15) is 4.79 Å². The molecule has 74 valence electrons. The summed E-state index contributed by atoms with van der Waals surface area (Å²) >= 11 is 0. The van der Waals surface area contributed by atoms with Crippen molar-refractivity contribution in [1.29, 1.82) is 0 Å². The van der Waals surface area contributed by atoms with E-state index in [4.69, 9.17) is 4.74 Å². The zero-order valence-electron chi connectivity index (χ0n) is 8.15. The molecule has 0 spiro atoms. The van der Waals surface area contributed by atoms with E-state index in [0.29, 0.717) is 0 Å². The topological polar surface area (TPSA) is 50.7 Å². The van der Waals surface area contributed by atoms with Crippen molar-refractivity contribution < 1.29 is 9.53 Å². The normalized spacial score (nSPS) is 10.1. The van der Waals surface area contributed by atoms with Crippen molar-refractivity contribution in [3.8, 4) is 5.75 Å². The monoisotopic (exact) mass is 192 g/mol. The largest absolute Gasteiger partial charge is 0.497 e. The van der Waals surface area contributed by atoms with Gasteiger partial charge in [0.1, 0.15) is 5.75 Å². The maximum absolute atomic E-state index is 10.8. The van der Waals surface area contributed by atoms with Gasteiger partial charge in [-0.1, -0.05) is 0 Å². The fourth-order valence-corrected chi connectivity index (χ4v) is 0.866. The van der Waals surface area contributed by atoms with E-state index in [1.165, 1.54) is 6.21 Å². The molecule has 1 rings (SSSR count). The third-order valence-electron chi connectivity index (χ3n) is 1.65. The molecule has 0 bridgehead atoms. The molecule has 4 nitrogen and oxygen atoms in total. The fourth-order valence-electron chi connectivity index (χ4n) is 0.866. The van der Waals surface area contributed by atoms with Crippen LogP contribution in [0.25, 0.3) is 0 Å². The number of hydrogen-bond acceptors (Lipinski definition) is 3. The van der Waals surface area contributed by atoms with Crippen LogP contribution in [0.2, 0.25) is 0 Å². The molecular weight excluding hydrogens is 180 g/mol. The number of benzene rings is 1. The number of nitrogens with zero attached hydrogens (tertiary/aromatic N) is 1. The number of ether oxygens (including phenoxy) is 1. The number of hydrogen-bond donors (Lipinski definition) is 1. The van der Waals surface area contributed by atoms with E-state index in [0.717, 1.165) is 11.4 Å². The molecule has 0 aliphatic carbocycles. The standard InChI is InChI=1S/C10H12N2O2/c1-11-10(13)7-12-8-3-5-9(14-2)6-4-8/h3-7H,1-2H3,(H,11,13). The molecule has 14 heavy (non-hydrogen) atoms. The van der Waals surface area contributed by atoms with Gasteiger partial charge in [0.25, 0.3) is 5.91 Å². The third-order valence-corrected chi connectivity index (χ3v) is 1.65. The van der Waals surface area contributed by atoms with Crippen molar-refractivity contribution in [1.82, 2.24) is 5.32 Å². The molecule has 4 heteroatoms. The number of methoxy groups -OCH3 is 1. The van der Waals surface area contributed by atoms with Crippen molar-refractivity contribution in [3.63, 3.8) is 0 Å². The lowest BCUT2D eigenvalue weighted by atomic mass is 10.3. The summed E-state index contributed by atoms with van der Waals surface area (Å²) in [4.78, 5) is 14.8. The van der Waals surface area contributed by atoms with E-state index < -0.39 is 0 Å². The Morgan fingerprint density at radius 2 is 2.07 bits per heavy atom. The van der Waals surface area contributed by atoms with Gasteiger partial charge in [0.05, 0.1) is 19.0 Å². The molecule has 1 amide bonds. The smallest absolute Gasteiger partial charge is 0.262 e. The zero-order chi connectivity index (χ0) is 10.4. The molecule has 0 unspecified atom stereocenters. The number of nitrogens with one attached hydrogen (secondary N) is 1. The predicted octanol–water partition coefficient (Wildman–Crippen LogP) is 1.14. The maximum atomic E-state index is 10.8. The van der Waals surface area contributed by atoms with Crippen LogP contribution < -0.4 is 10.1 Å². The Kier molecular flexibility index (Phi) is 3.67. The van der Waals surface area contributed by atoms with Gasteiger partial charge in [-0.3, -0.25) is 9.79 Å². The lowest BCUT2D eigenvalue weighted by Crippen LogP contribution is -2.18. The third kappa shape index (κ3) is 2.90. The minimum atomic E-state index is -0.221. The highest BCUT2D eigenvalue weighted by atomic mass is 16.5. The van der Waals surface area contributed by atoms with Crippen LogP contribution in [0.3, 0.4) is 0 Å². The van der Waals surface area contributed by atoms with Crippen LogP contribution in [-0.4, -0.2) is 26.3 Å². The lowest BCUT2D eigenvalue weighted by molar-refractivity contribution is -0.113. The van der Waals surface area contributed by atoms with Gasteiger partial charge in [-0.25, -0.2) is 0 Å². The van der Waals surface area contributed by atoms with E-state index in [-0.39, 0.29) is 5.91 Å². The van der Waals surface area contributed by atoms with Crippen LogP contribution in [0.5, 0.6) is 5.75 Å². The molecule has 0 fully saturated rings. The Balaban J connectivity index is 2.68. The Morgan fingerprint density at radius 1 is 1.43 bits per heavy atom.